The van der Waals surface area contributed by atoms with E-state index in [4.69, 9.17) is 27.9 Å². The Kier molecular flexibility index (Phi) is 5.96. The number of rotatable bonds is 5. The molecule has 2 aromatic carbocycles. The van der Waals surface area contributed by atoms with Crippen LogP contribution in [0.1, 0.15) is 15.9 Å². The molecule has 0 atom stereocenters. The van der Waals surface area contributed by atoms with Crippen molar-refractivity contribution in [3.05, 3.63) is 69.5 Å². The van der Waals surface area contributed by atoms with Crippen molar-refractivity contribution in [1.82, 2.24) is 5.32 Å². The summed E-state index contributed by atoms with van der Waals surface area (Å²) < 4.78 is 17.8. The maximum absolute atomic E-state index is 12.8. The topological polar surface area (TPSA) is 55.4 Å². The maximum Gasteiger partial charge on any atom is 0.325 e. The summed E-state index contributed by atoms with van der Waals surface area (Å²) >= 11 is 11.7. The van der Waals surface area contributed by atoms with Crippen molar-refractivity contribution in [2.24, 2.45) is 0 Å². The van der Waals surface area contributed by atoms with E-state index in [2.05, 4.69) is 5.32 Å². The van der Waals surface area contributed by atoms with Crippen LogP contribution in [0.3, 0.4) is 0 Å². The van der Waals surface area contributed by atoms with Gasteiger partial charge in [0.25, 0.3) is 5.91 Å². The second-order valence-electron chi connectivity index (χ2n) is 4.59. The third-order valence-electron chi connectivity index (χ3n) is 2.90. The fourth-order valence-electron chi connectivity index (χ4n) is 1.70. The summed E-state index contributed by atoms with van der Waals surface area (Å²) in [6.07, 6.45) is 0. The van der Waals surface area contributed by atoms with Crippen molar-refractivity contribution >= 4 is 35.1 Å². The summed E-state index contributed by atoms with van der Waals surface area (Å²) in [4.78, 5) is 23.4. The molecule has 0 aromatic heterocycles. The maximum atomic E-state index is 12.8. The Morgan fingerprint density at radius 3 is 2.43 bits per heavy atom. The molecule has 0 radical (unpaired) electrons. The van der Waals surface area contributed by atoms with E-state index >= 15 is 0 Å². The molecule has 0 spiro atoms. The highest BCUT2D eigenvalue weighted by atomic mass is 35.5. The quantitative estimate of drug-likeness (QED) is 0.833. The number of hydrogen-bond acceptors (Lipinski definition) is 3. The molecule has 0 heterocycles. The zero-order valence-electron chi connectivity index (χ0n) is 11.8. The second kappa shape index (κ2) is 7.94. The van der Waals surface area contributed by atoms with Crippen molar-refractivity contribution in [2.45, 2.75) is 6.61 Å². The van der Waals surface area contributed by atoms with Crippen LogP contribution in [0.25, 0.3) is 0 Å². The first-order valence-corrected chi connectivity index (χ1v) is 7.34. The van der Waals surface area contributed by atoms with Crippen LogP contribution in [0, 0.1) is 5.82 Å². The molecule has 0 saturated carbocycles. The third-order valence-corrected chi connectivity index (χ3v) is 3.49. The van der Waals surface area contributed by atoms with Crippen molar-refractivity contribution in [2.75, 3.05) is 6.54 Å². The number of carbonyl (C=O) groups is 2. The molecule has 0 aliphatic carbocycles. The number of amides is 1. The van der Waals surface area contributed by atoms with Gasteiger partial charge in [-0.1, -0.05) is 29.3 Å². The molecule has 0 saturated heterocycles. The van der Waals surface area contributed by atoms with Crippen LogP contribution in [0.4, 0.5) is 4.39 Å². The van der Waals surface area contributed by atoms with E-state index in [0.717, 1.165) is 12.1 Å². The van der Waals surface area contributed by atoms with Gasteiger partial charge in [-0.05, 0) is 36.4 Å². The van der Waals surface area contributed by atoms with Gasteiger partial charge < -0.3 is 10.1 Å². The Hall–Kier alpha value is -2.11. The van der Waals surface area contributed by atoms with E-state index in [9.17, 15) is 14.0 Å². The Morgan fingerprint density at radius 2 is 1.78 bits per heavy atom. The first kappa shape index (κ1) is 17.2. The largest absolute Gasteiger partial charge is 0.459 e. The minimum absolute atomic E-state index is 0.0265. The molecule has 0 fully saturated rings. The number of ether oxygens (including phenoxy) is 1. The van der Waals surface area contributed by atoms with Crippen LogP contribution >= 0.6 is 23.2 Å². The average molecular weight is 356 g/mol. The van der Waals surface area contributed by atoms with Gasteiger partial charge in [-0.25, -0.2) is 4.39 Å². The summed E-state index contributed by atoms with van der Waals surface area (Å²) in [7, 11) is 0. The van der Waals surface area contributed by atoms with Crippen molar-refractivity contribution in [1.29, 1.82) is 0 Å². The van der Waals surface area contributed by atoms with Gasteiger partial charge in [-0.15, -0.1) is 0 Å². The summed E-state index contributed by atoms with van der Waals surface area (Å²) in [6, 6.07) is 9.79. The molecule has 120 valence electrons. The van der Waals surface area contributed by atoms with E-state index < -0.39 is 17.7 Å². The van der Waals surface area contributed by atoms with Gasteiger partial charge in [0.05, 0.1) is 0 Å². The van der Waals surface area contributed by atoms with Gasteiger partial charge in [0.2, 0.25) is 0 Å². The summed E-state index contributed by atoms with van der Waals surface area (Å²) in [5.41, 5.74) is 0.856. The second-order valence-corrected chi connectivity index (χ2v) is 5.43. The number of hydrogen-bond donors (Lipinski definition) is 1. The molecule has 2 aromatic rings. The van der Waals surface area contributed by atoms with E-state index in [1.807, 2.05) is 0 Å². The summed E-state index contributed by atoms with van der Waals surface area (Å²) in [6.45, 7) is -0.331. The molecule has 7 heteroatoms. The SMILES string of the molecule is O=C(CNC(=O)c1ccc(F)cc1)OCc1ccc(Cl)cc1Cl. The minimum atomic E-state index is -0.619. The smallest absolute Gasteiger partial charge is 0.325 e. The van der Waals surface area contributed by atoms with E-state index in [-0.39, 0.29) is 18.7 Å². The number of nitrogens with one attached hydrogen (secondary N) is 1. The normalized spacial score (nSPS) is 10.2. The molecule has 0 unspecified atom stereocenters. The zero-order valence-corrected chi connectivity index (χ0v) is 13.3. The van der Waals surface area contributed by atoms with Gasteiger partial charge in [0.1, 0.15) is 19.0 Å². The lowest BCUT2D eigenvalue weighted by Gasteiger charge is -2.08. The lowest BCUT2D eigenvalue weighted by Crippen LogP contribution is -2.30. The highest BCUT2D eigenvalue weighted by molar-refractivity contribution is 6.35. The van der Waals surface area contributed by atoms with Crippen LogP contribution in [-0.4, -0.2) is 18.4 Å². The molecule has 2 rings (SSSR count). The Labute approximate surface area is 142 Å². The standard InChI is InChI=1S/C16H12Cl2FNO3/c17-12-4-1-11(14(18)7-12)9-23-15(21)8-20-16(22)10-2-5-13(19)6-3-10/h1-7H,8-9H2,(H,20,22). The predicted molar refractivity (Wildman–Crippen MR) is 85.0 cm³/mol. The summed E-state index contributed by atoms with van der Waals surface area (Å²) in [5.74, 6) is -1.56. The van der Waals surface area contributed by atoms with Gasteiger partial charge in [-0.3, -0.25) is 9.59 Å². The monoisotopic (exact) mass is 355 g/mol. The van der Waals surface area contributed by atoms with Crippen molar-refractivity contribution in [3.8, 4) is 0 Å². The molecular formula is C16H12Cl2FNO3. The first-order chi connectivity index (χ1) is 11.0. The van der Waals surface area contributed by atoms with Gasteiger partial charge in [0, 0.05) is 21.2 Å². The molecule has 0 bridgehead atoms. The van der Waals surface area contributed by atoms with E-state index in [0.29, 0.717) is 15.6 Å². The Balaban J connectivity index is 1.81. The van der Waals surface area contributed by atoms with Crippen LogP contribution in [-0.2, 0) is 16.1 Å². The van der Waals surface area contributed by atoms with Crippen LogP contribution in [0.2, 0.25) is 10.0 Å². The van der Waals surface area contributed by atoms with Gasteiger partial charge >= 0.3 is 5.97 Å². The van der Waals surface area contributed by atoms with Crippen LogP contribution in [0.5, 0.6) is 0 Å². The molecule has 1 N–H and O–H groups in total. The summed E-state index contributed by atoms with van der Waals surface area (Å²) in [5, 5.41) is 3.26. The van der Waals surface area contributed by atoms with Gasteiger partial charge in [-0.2, -0.15) is 0 Å². The molecule has 0 aliphatic heterocycles. The lowest BCUT2D eigenvalue weighted by molar-refractivity contribution is -0.143. The number of carbonyl (C=O) groups excluding carboxylic acids is 2. The van der Waals surface area contributed by atoms with Gasteiger partial charge in [0.15, 0.2) is 0 Å². The average Bonchev–Trinajstić information content (AvgIpc) is 2.52. The fraction of sp³-hybridized carbons (Fsp3) is 0.125. The lowest BCUT2D eigenvalue weighted by atomic mass is 10.2. The molecular weight excluding hydrogens is 344 g/mol. The highest BCUT2D eigenvalue weighted by Gasteiger charge is 2.10. The Bertz CT molecular complexity index is 720. The van der Waals surface area contributed by atoms with Crippen molar-refractivity contribution in [3.63, 3.8) is 0 Å². The third kappa shape index (κ3) is 5.23. The minimum Gasteiger partial charge on any atom is -0.459 e. The van der Waals surface area contributed by atoms with E-state index in [1.165, 1.54) is 12.1 Å². The molecule has 4 nitrogen and oxygen atoms in total. The number of esters is 1. The molecule has 1 amide bonds. The zero-order chi connectivity index (χ0) is 16.8. The number of benzene rings is 2. The molecule has 23 heavy (non-hydrogen) atoms. The first-order valence-electron chi connectivity index (χ1n) is 6.59. The highest BCUT2D eigenvalue weighted by Crippen LogP contribution is 2.21. The Morgan fingerprint density at radius 1 is 1.09 bits per heavy atom. The van der Waals surface area contributed by atoms with E-state index in [1.54, 1.807) is 18.2 Å². The number of halogens is 3. The van der Waals surface area contributed by atoms with Crippen LogP contribution in [0.15, 0.2) is 42.5 Å². The van der Waals surface area contributed by atoms with Crippen LogP contribution < -0.4 is 5.32 Å². The fourth-order valence-corrected chi connectivity index (χ4v) is 2.17. The molecule has 0 aliphatic rings. The predicted octanol–water partition coefficient (Wildman–Crippen LogP) is 3.61. The van der Waals surface area contributed by atoms with Crippen molar-refractivity contribution < 1.29 is 18.7 Å².